The molecule has 0 spiro atoms. The molecule has 1 aliphatic rings. The summed E-state index contributed by atoms with van der Waals surface area (Å²) in [4.78, 5) is 6.67. The van der Waals surface area contributed by atoms with Gasteiger partial charge in [0, 0.05) is 24.7 Å². The highest BCUT2D eigenvalue weighted by molar-refractivity contribution is 7.13. The zero-order chi connectivity index (χ0) is 8.93. The first-order valence-electron chi connectivity index (χ1n) is 4.81. The van der Waals surface area contributed by atoms with Gasteiger partial charge in [-0.25, -0.2) is 4.98 Å². The smallest absolute Gasteiger partial charge is 0.182 e. The summed E-state index contributed by atoms with van der Waals surface area (Å²) in [5, 5.41) is 6.36. The molecule has 1 aliphatic heterocycles. The maximum absolute atomic E-state index is 4.17. The second kappa shape index (κ2) is 4.58. The SMILES string of the molecule is c1csc(NCCN2CCCC2)n1. The van der Waals surface area contributed by atoms with Crippen LogP contribution in [0.2, 0.25) is 0 Å². The third-order valence-corrected chi connectivity index (χ3v) is 3.07. The van der Waals surface area contributed by atoms with Gasteiger partial charge in [-0.1, -0.05) is 0 Å². The lowest BCUT2D eigenvalue weighted by Gasteiger charge is -2.13. The molecule has 3 nitrogen and oxygen atoms in total. The van der Waals surface area contributed by atoms with Gasteiger partial charge in [0.2, 0.25) is 0 Å². The lowest BCUT2D eigenvalue weighted by molar-refractivity contribution is 0.352. The quantitative estimate of drug-likeness (QED) is 0.795. The molecule has 1 aromatic heterocycles. The fourth-order valence-corrected chi connectivity index (χ4v) is 2.20. The predicted octanol–water partition coefficient (Wildman–Crippen LogP) is 1.65. The van der Waals surface area contributed by atoms with Gasteiger partial charge in [0.05, 0.1) is 0 Å². The molecule has 1 fully saturated rings. The second-order valence-corrected chi connectivity index (χ2v) is 4.21. The molecule has 1 N–H and O–H groups in total. The third kappa shape index (κ3) is 2.67. The molecule has 4 heteroatoms. The van der Waals surface area contributed by atoms with E-state index < -0.39 is 0 Å². The van der Waals surface area contributed by atoms with Crippen LogP contribution < -0.4 is 5.32 Å². The van der Waals surface area contributed by atoms with Crippen LogP contribution in [-0.2, 0) is 0 Å². The zero-order valence-electron chi connectivity index (χ0n) is 7.70. The summed E-state index contributed by atoms with van der Waals surface area (Å²) < 4.78 is 0. The molecule has 13 heavy (non-hydrogen) atoms. The number of hydrogen-bond acceptors (Lipinski definition) is 4. The number of nitrogens with zero attached hydrogens (tertiary/aromatic N) is 2. The van der Waals surface area contributed by atoms with E-state index >= 15 is 0 Å². The summed E-state index contributed by atoms with van der Waals surface area (Å²) in [7, 11) is 0. The van der Waals surface area contributed by atoms with Crippen molar-refractivity contribution in [3.8, 4) is 0 Å². The van der Waals surface area contributed by atoms with Crippen molar-refractivity contribution in [2.45, 2.75) is 12.8 Å². The van der Waals surface area contributed by atoms with Crippen molar-refractivity contribution in [3.63, 3.8) is 0 Å². The van der Waals surface area contributed by atoms with E-state index in [1.165, 1.54) is 25.9 Å². The van der Waals surface area contributed by atoms with Gasteiger partial charge in [-0.15, -0.1) is 11.3 Å². The molecular formula is C9H15N3S. The summed E-state index contributed by atoms with van der Waals surface area (Å²) in [6, 6.07) is 0. The van der Waals surface area contributed by atoms with Gasteiger partial charge in [0.25, 0.3) is 0 Å². The van der Waals surface area contributed by atoms with Crippen LogP contribution in [0.4, 0.5) is 5.13 Å². The molecule has 0 amide bonds. The first-order chi connectivity index (χ1) is 6.45. The van der Waals surface area contributed by atoms with Crippen molar-refractivity contribution in [1.29, 1.82) is 0 Å². The fourth-order valence-electron chi connectivity index (χ4n) is 1.64. The number of aromatic nitrogens is 1. The largest absolute Gasteiger partial charge is 0.360 e. The molecule has 2 heterocycles. The average molecular weight is 197 g/mol. The topological polar surface area (TPSA) is 28.2 Å². The molecule has 0 aromatic carbocycles. The van der Waals surface area contributed by atoms with Gasteiger partial charge in [-0.3, -0.25) is 0 Å². The Morgan fingerprint density at radius 3 is 3.00 bits per heavy atom. The van der Waals surface area contributed by atoms with Crippen molar-refractivity contribution in [3.05, 3.63) is 11.6 Å². The number of hydrogen-bond donors (Lipinski definition) is 1. The van der Waals surface area contributed by atoms with Crippen LogP contribution >= 0.6 is 11.3 Å². The summed E-state index contributed by atoms with van der Waals surface area (Å²) in [6.45, 7) is 4.73. The summed E-state index contributed by atoms with van der Waals surface area (Å²) in [5.74, 6) is 0. The second-order valence-electron chi connectivity index (χ2n) is 3.31. The highest BCUT2D eigenvalue weighted by Gasteiger charge is 2.10. The highest BCUT2D eigenvalue weighted by Crippen LogP contribution is 2.10. The molecule has 1 saturated heterocycles. The van der Waals surface area contributed by atoms with Crippen molar-refractivity contribution >= 4 is 16.5 Å². The lowest BCUT2D eigenvalue weighted by atomic mass is 10.4. The lowest BCUT2D eigenvalue weighted by Crippen LogP contribution is -2.25. The van der Waals surface area contributed by atoms with Gasteiger partial charge in [0.1, 0.15) is 0 Å². The van der Waals surface area contributed by atoms with Crippen molar-refractivity contribution < 1.29 is 0 Å². The molecule has 2 rings (SSSR count). The van der Waals surface area contributed by atoms with Gasteiger partial charge < -0.3 is 10.2 Å². The Labute approximate surface area is 82.8 Å². The van der Waals surface area contributed by atoms with E-state index in [0.717, 1.165) is 18.2 Å². The van der Waals surface area contributed by atoms with Gasteiger partial charge in [-0.05, 0) is 25.9 Å². The summed E-state index contributed by atoms with van der Waals surface area (Å²) in [6.07, 6.45) is 4.58. The maximum atomic E-state index is 4.17. The average Bonchev–Trinajstić information content (AvgIpc) is 2.75. The normalized spacial score (nSPS) is 17.8. The molecule has 1 aromatic rings. The van der Waals surface area contributed by atoms with Gasteiger partial charge in [-0.2, -0.15) is 0 Å². The van der Waals surface area contributed by atoms with Gasteiger partial charge in [0.15, 0.2) is 5.13 Å². The van der Waals surface area contributed by atoms with Crippen LogP contribution in [0.1, 0.15) is 12.8 Å². The van der Waals surface area contributed by atoms with Crippen molar-refractivity contribution in [1.82, 2.24) is 9.88 Å². The van der Waals surface area contributed by atoms with E-state index in [2.05, 4.69) is 15.2 Å². The Bertz CT molecular complexity index is 229. The Balaban J connectivity index is 1.63. The molecule has 0 bridgehead atoms. The van der Waals surface area contributed by atoms with E-state index in [4.69, 9.17) is 0 Å². The fraction of sp³-hybridized carbons (Fsp3) is 0.667. The standard InChI is InChI=1S/C9H15N3S/c1-2-6-12(5-1)7-3-10-9-11-4-8-13-9/h4,8H,1-3,5-7H2,(H,10,11). The molecular weight excluding hydrogens is 182 g/mol. The predicted molar refractivity (Wildman–Crippen MR) is 56.3 cm³/mol. The Morgan fingerprint density at radius 2 is 2.31 bits per heavy atom. The minimum atomic E-state index is 1.02. The van der Waals surface area contributed by atoms with Crippen LogP contribution in [0.15, 0.2) is 11.6 Å². The van der Waals surface area contributed by atoms with Crippen molar-refractivity contribution in [2.75, 3.05) is 31.5 Å². The van der Waals surface area contributed by atoms with Gasteiger partial charge >= 0.3 is 0 Å². The molecule has 0 aliphatic carbocycles. The number of nitrogens with one attached hydrogen (secondary N) is 1. The number of anilines is 1. The Kier molecular flexibility index (Phi) is 3.16. The summed E-state index contributed by atoms with van der Waals surface area (Å²) in [5.41, 5.74) is 0. The van der Waals surface area contributed by atoms with Crippen LogP contribution in [0, 0.1) is 0 Å². The van der Waals surface area contributed by atoms with E-state index in [9.17, 15) is 0 Å². The zero-order valence-corrected chi connectivity index (χ0v) is 8.52. The molecule has 0 saturated carbocycles. The van der Waals surface area contributed by atoms with Crippen molar-refractivity contribution in [2.24, 2.45) is 0 Å². The first-order valence-corrected chi connectivity index (χ1v) is 5.69. The highest BCUT2D eigenvalue weighted by atomic mass is 32.1. The van der Waals surface area contributed by atoms with Crippen LogP contribution in [0.25, 0.3) is 0 Å². The van der Waals surface area contributed by atoms with Crippen LogP contribution in [-0.4, -0.2) is 36.1 Å². The molecule has 0 atom stereocenters. The van der Waals surface area contributed by atoms with Crippen LogP contribution in [0.5, 0.6) is 0 Å². The van der Waals surface area contributed by atoms with E-state index in [1.807, 2.05) is 11.6 Å². The van der Waals surface area contributed by atoms with Crippen LogP contribution in [0.3, 0.4) is 0 Å². The Hall–Kier alpha value is -0.610. The number of thiazole rings is 1. The maximum Gasteiger partial charge on any atom is 0.182 e. The summed E-state index contributed by atoms with van der Waals surface area (Å²) >= 11 is 1.66. The van der Waals surface area contributed by atoms with E-state index in [-0.39, 0.29) is 0 Å². The Morgan fingerprint density at radius 1 is 1.46 bits per heavy atom. The number of likely N-dealkylation sites (tertiary alicyclic amines) is 1. The molecule has 0 unspecified atom stereocenters. The minimum Gasteiger partial charge on any atom is -0.360 e. The first kappa shape index (κ1) is 8.97. The van der Waals surface area contributed by atoms with E-state index in [1.54, 1.807) is 11.3 Å². The minimum absolute atomic E-state index is 1.02. The van der Waals surface area contributed by atoms with E-state index in [0.29, 0.717) is 0 Å². The molecule has 0 radical (unpaired) electrons. The number of rotatable bonds is 4. The monoisotopic (exact) mass is 197 g/mol. The molecule has 72 valence electrons. The third-order valence-electron chi connectivity index (χ3n) is 2.34.